The molecule has 1 aromatic heterocycles. The SMILES string of the molecule is COc1ncccc1NC(=O)NC[C@H]1CCCO1. The number of pyridine rings is 1. The van der Waals surface area contributed by atoms with E-state index in [0.717, 1.165) is 19.4 Å². The highest BCUT2D eigenvalue weighted by molar-refractivity contribution is 5.90. The molecule has 0 unspecified atom stereocenters. The van der Waals surface area contributed by atoms with Gasteiger partial charge in [0.25, 0.3) is 0 Å². The molecule has 18 heavy (non-hydrogen) atoms. The van der Waals surface area contributed by atoms with E-state index in [9.17, 15) is 4.79 Å². The number of methoxy groups -OCH3 is 1. The van der Waals surface area contributed by atoms with Crippen LogP contribution >= 0.6 is 0 Å². The summed E-state index contributed by atoms with van der Waals surface area (Å²) in [6.07, 6.45) is 3.79. The molecule has 2 N–H and O–H groups in total. The van der Waals surface area contributed by atoms with Crippen molar-refractivity contribution >= 4 is 11.7 Å². The molecule has 1 fully saturated rings. The molecule has 0 radical (unpaired) electrons. The average Bonchev–Trinajstić information content (AvgIpc) is 2.90. The number of ether oxygens (including phenoxy) is 2. The van der Waals surface area contributed by atoms with Crippen LogP contribution in [0.1, 0.15) is 12.8 Å². The fourth-order valence-electron chi connectivity index (χ4n) is 1.83. The van der Waals surface area contributed by atoms with Gasteiger partial charge in [0.2, 0.25) is 5.88 Å². The van der Waals surface area contributed by atoms with Crippen LogP contribution in [0.25, 0.3) is 0 Å². The van der Waals surface area contributed by atoms with Gasteiger partial charge in [-0.1, -0.05) is 0 Å². The Bertz CT molecular complexity index is 405. The predicted octanol–water partition coefficient (Wildman–Crippen LogP) is 1.39. The van der Waals surface area contributed by atoms with E-state index in [2.05, 4.69) is 15.6 Å². The molecule has 1 aliphatic heterocycles. The van der Waals surface area contributed by atoms with Gasteiger partial charge in [-0.2, -0.15) is 0 Å². The first-order chi connectivity index (χ1) is 8.79. The lowest BCUT2D eigenvalue weighted by atomic mass is 10.2. The van der Waals surface area contributed by atoms with Gasteiger partial charge in [0.15, 0.2) is 0 Å². The molecule has 1 saturated heterocycles. The highest BCUT2D eigenvalue weighted by Gasteiger charge is 2.16. The van der Waals surface area contributed by atoms with Crippen molar-refractivity contribution in [2.24, 2.45) is 0 Å². The monoisotopic (exact) mass is 251 g/mol. The van der Waals surface area contributed by atoms with Crippen LogP contribution in [-0.2, 0) is 4.74 Å². The Morgan fingerprint density at radius 3 is 3.28 bits per heavy atom. The van der Waals surface area contributed by atoms with E-state index in [-0.39, 0.29) is 12.1 Å². The number of amides is 2. The first kappa shape index (κ1) is 12.6. The summed E-state index contributed by atoms with van der Waals surface area (Å²) in [7, 11) is 1.51. The second-order valence-corrected chi connectivity index (χ2v) is 4.03. The molecule has 0 bridgehead atoms. The number of urea groups is 1. The zero-order valence-corrected chi connectivity index (χ0v) is 10.3. The maximum Gasteiger partial charge on any atom is 0.319 e. The molecule has 1 atom stereocenters. The Kier molecular flexibility index (Phi) is 4.35. The topological polar surface area (TPSA) is 72.5 Å². The first-order valence-electron chi connectivity index (χ1n) is 5.95. The normalized spacial score (nSPS) is 18.4. The maximum absolute atomic E-state index is 11.7. The predicted molar refractivity (Wildman–Crippen MR) is 66.8 cm³/mol. The van der Waals surface area contributed by atoms with Crippen LogP contribution in [0.5, 0.6) is 5.88 Å². The van der Waals surface area contributed by atoms with E-state index in [1.165, 1.54) is 7.11 Å². The lowest BCUT2D eigenvalue weighted by Gasteiger charge is -2.12. The van der Waals surface area contributed by atoms with Gasteiger partial charge >= 0.3 is 6.03 Å². The zero-order valence-electron chi connectivity index (χ0n) is 10.3. The van der Waals surface area contributed by atoms with E-state index in [4.69, 9.17) is 9.47 Å². The number of nitrogens with one attached hydrogen (secondary N) is 2. The van der Waals surface area contributed by atoms with Crippen LogP contribution in [0.2, 0.25) is 0 Å². The molecule has 0 aliphatic carbocycles. The Balaban J connectivity index is 1.82. The van der Waals surface area contributed by atoms with E-state index in [1.807, 2.05) is 0 Å². The fraction of sp³-hybridized carbons (Fsp3) is 0.500. The average molecular weight is 251 g/mol. The van der Waals surface area contributed by atoms with Gasteiger partial charge in [0, 0.05) is 19.3 Å². The Morgan fingerprint density at radius 2 is 2.56 bits per heavy atom. The fourth-order valence-corrected chi connectivity index (χ4v) is 1.83. The smallest absolute Gasteiger partial charge is 0.319 e. The third-order valence-electron chi connectivity index (χ3n) is 2.73. The number of rotatable bonds is 4. The van der Waals surface area contributed by atoms with Crippen LogP contribution in [0.3, 0.4) is 0 Å². The number of nitrogens with zero attached hydrogens (tertiary/aromatic N) is 1. The minimum atomic E-state index is -0.281. The summed E-state index contributed by atoms with van der Waals surface area (Å²) in [5.41, 5.74) is 0.546. The number of hydrogen-bond donors (Lipinski definition) is 2. The summed E-state index contributed by atoms with van der Waals surface area (Å²) in [6.45, 7) is 1.30. The third-order valence-corrected chi connectivity index (χ3v) is 2.73. The number of hydrogen-bond acceptors (Lipinski definition) is 4. The lowest BCUT2D eigenvalue weighted by Crippen LogP contribution is -2.35. The second kappa shape index (κ2) is 6.20. The van der Waals surface area contributed by atoms with Crippen LogP contribution in [0, 0.1) is 0 Å². The van der Waals surface area contributed by atoms with Gasteiger partial charge in [0.1, 0.15) is 5.69 Å². The summed E-state index contributed by atoms with van der Waals surface area (Å²) in [6, 6.07) is 3.19. The van der Waals surface area contributed by atoms with Crippen molar-refractivity contribution in [3.05, 3.63) is 18.3 Å². The molecule has 1 aromatic rings. The van der Waals surface area contributed by atoms with E-state index >= 15 is 0 Å². The molecule has 0 saturated carbocycles. The Labute approximate surface area is 106 Å². The molecular weight excluding hydrogens is 234 g/mol. The number of carbonyl (C=O) groups is 1. The van der Waals surface area contributed by atoms with Gasteiger partial charge in [-0.25, -0.2) is 9.78 Å². The van der Waals surface area contributed by atoms with E-state index in [1.54, 1.807) is 18.3 Å². The number of aromatic nitrogens is 1. The summed E-state index contributed by atoms with van der Waals surface area (Å²) in [5.74, 6) is 0.393. The summed E-state index contributed by atoms with van der Waals surface area (Å²) in [4.78, 5) is 15.7. The van der Waals surface area contributed by atoms with Crippen LogP contribution in [-0.4, -0.2) is 37.4 Å². The van der Waals surface area contributed by atoms with Gasteiger partial charge < -0.3 is 20.1 Å². The zero-order chi connectivity index (χ0) is 12.8. The summed E-state index contributed by atoms with van der Waals surface area (Å²) in [5, 5.41) is 5.46. The largest absolute Gasteiger partial charge is 0.480 e. The van der Waals surface area contributed by atoms with Crippen molar-refractivity contribution in [2.45, 2.75) is 18.9 Å². The molecule has 6 heteroatoms. The van der Waals surface area contributed by atoms with Gasteiger partial charge in [0.05, 0.1) is 13.2 Å². The lowest BCUT2D eigenvalue weighted by molar-refractivity contribution is 0.112. The van der Waals surface area contributed by atoms with Crippen molar-refractivity contribution in [3.63, 3.8) is 0 Å². The van der Waals surface area contributed by atoms with Crippen molar-refractivity contribution in [1.29, 1.82) is 0 Å². The van der Waals surface area contributed by atoms with Crippen molar-refractivity contribution in [2.75, 3.05) is 25.6 Å². The van der Waals surface area contributed by atoms with Crippen molar-refractivity contribution < 1.29 is 14.3 Å². The molecule has 0 aromatic carbocycles. The third kappa shape index (κ3) is 3.33. The highest BCUT2D eigenvalue weighted by atomic mass is 16.5. The maximum atomic E-state index is 11.7. The van der Waals surface area contributed by atoms with E-state index < -0.39 is 0 Å². The van der Waals surface area contributed by atoms with Crippen LogP contribution in [0.4, 0.5) is 10.5 Å². The summed E-state index contributed by atoms with van der Waals surface area (Å²) >= 11 is 0. The molecule has 98 valence electrons. The second-order valence-electron chi connectivity index (χ2n) is 4.03. The standard InChI is InChI=1S/C12H17N3O3/c1-17-11-10(5-2-6-13-11)15-12(16)14-8-9-4-3-7-18-9/h2,5-6,9H,3-4,7-8H2,1H3,(H2,14,15,16)/t9-/m1/s1. The molecule has 2 heterocycles. The highest BCUT2D eigenvalue weighted by Crippen LogP contribution is 2.19. The van der Waals surface area contributed by atoms with Crippen LogP contribution in [0.15, 0.2) is 18.3 Å². The first-order valence-corrected chi connectivity index (χ1v) is 5.95. The van der Waals surface area contributed by atoms with Gasteiger partial charge in [-0.15, -0.1) is 0 Å². The molecule has 1 aliphatic rings. The van der Waals surface area contributed by atoms with E-state index in [0.29, 0.717) is 18.1 Å². The Morgan fingerprint density at radius 1 is 1.67 bits per heavy atom. The molecular formula is C12H17N3O3. The van der Waals surface area contributed by atoms with Crippen molar-refractivity contribution in [3.8, 4) is 5.88 Å². The minimum absolute atomic E-state index is 0.131. The van der Waals surface area contributed by atoms with Gasteiger partial charge in [-0.3, -0.25) is 0 Å². The molecule has 2 amide bonds. The van der Waals surface area contributed by atoms with Crippen LogP contribution < -0.4 is 15.4 Å². The minimum Gasteiger partial charge on any atom is -0.480 e. The Hall–Kier alpha value is -1.82. The van der Waals surface area contributed by atoms with Crippen molar-refractivity contribution in [1.82, 2.24) is 10.3 Å². The number of carbonyl (C=O) groups excluding carboxylic acids is 1. The molecule has 2 rings (SSSR count). The molecule has 6 nitrogen and oxygen atoms in total. The van der Waals surface area contributed by atoms with Gasteiger partial charge in [-0.05, 0) is 25.0 Å². The number of anilines is 1. The molecule has 0 spiro atoms. The summed E-state index contributed by atoms with van der Waals surface area (Å²) < 4.78 is 10.5. The quantitative estimate of drug-likeness (QED) is 0.848.